The van der Waals surface area contributed by atoms with E-state index in [1.54, 1.807) is 0 Å². The Morgan fingerprint density at radius 2 is 1.83 bits per heavy atom. The summed E-state index contributed by atoms with van der Waals surface area (Å²) in [6.07, 6.45) is 1.94. The number of hydrogen-bond acceptors (Lipinski definition) is 3. The molecule has 0 N–H and O–H groups in total. The van der Waals surface area contributed by atoms with E-state index >= 15 is 0 Å². The van der Waals surface area contributed by atoms with E-state index in [1.807, 2.05) is 61.2 Å². The van der Waals surface area contributed by atoms with E-state index in [2.05, 4.69) is 24.3 Å². The van der Waals surface area contributed by atoms with E-state index in [-0.39, 0.29) is 11.9 Å². The molecule has 0 unspecified atom stereocenters. The molecule has 0 aliphatic carbocycles. The van der Waals surface area contributed by atoms with Crippen molar-refractivity contribution in [2.24, 2.45) is 0 Å². The van der Waals surface area contributed by atoms with Gasteiger partial charge in [-0.2, -0.15) is 0 Å². The molecule has 1 aliphatic heterocycles. The quantitative estimate of drug-likeness (QED) is 0.543. The van der Waals surface area contributed by atoms with Crippen molar-refractivity contribution < 1.29 is 9.53 Å². The lowest BCUT2D eigenvalue weighted by atomic mass is 10.0. The first-order valence-electron chi connectivity index (χ1n) is 10.7. The van der Waals surface area contributed by atoms with Crippen LogP contribution in [0.25, 0.3) is 11.1 Å². The second-order valence-corrected chi connectivity index (χ2v) is 7.78. The van der Waals surface area contributed by atoms with Gasteiger partial charge in [0.15, 0.2) is 0 Å². The van der Waals surface area contributed by atoms with E-state index in [1.165, 1.54) is 5.56 Å². The molecular formula is C26H28N2O2. The minimum Gasteiger partial charge on any atom is -0.377 e. The molecule has 0 bridgehead atoms. The molecule has 2 aromatic carbocycles. The fourth-order valence-electron chi connectivity index (χ4n) is 4.11. The maximum Gasteiger partial charge on any atom is 0.254 e. The summed E-state index contributed by atoms with van der Waals surface area (Å²) in [5, 5.41) is 0. The summed E-state index contributed by atoms with van der Waals surface area (Å²) in [4.78, 5) is 20.0. The zero-order valence-corrected chi connectivity index (χ0v) is 17.7. The first kappa shape index (κ1) is 20.3. The fourth-order valence-corrected chi connectivity index (χ4v) is 4.11. The number of carbonyl (C=O) groups is 1. The number of ether oxygens (including phenoxy) is 1. The minimum absolute atomic E-state index is 0.0166. The predicted molar refractivity (Wildman–Crippen MR) is 119 cm³/mol. The zero-order valence-electron chi connectivity index (χ0n) is 17.7. The van der Waals surface area contributed by atoms with Crippen molar-refractivity contribution in [1.82, 2.24) is 9.88 Å². The Bertz CT molecular complexity index is 999. The molecule has 1 atom stereocenters. The molecule has 1 aliphatic rings. The average Bonchev–Trinajstić information content (AvgIpc) is 3.28. The summed E-state index contributed by atoms with van der Waals surface area (Å²) in [7, 11) is 0. The molecule has 30 heavy (non-hydrogen) atoms. The van der Waals surface area contributed by atoms with Gasteiger partial charge in [0, 0.05) is 24.4 Å². The summed E-state index contributed by atoms with van der Waals surface area (Å²) in [5.74, 6) is 0.0741. The molecule has 4 nitrogen and oxygen atoms in total. The maximum atomic E-state index is 13.3. The molecular weight excluding hydrogens is 372 g/mol. The molecule has 1 amide bonds. The number of carbonyl (C=O) groups excluding carboxylic acids is 1. The Balaban J connectivity index is 1.58. The van der Waals surface area contributed by atoms with Gasteiger partial charge in [-0.3, -0.25) is 9.78 Å². The Morgan fingerprint density at radius 1 is 1.07 bits per heavy atom. The topological polar surface area (TPSA) is 42.4 Å². The molecule has 0 radical (unpaired) electrons. The van der Waals surface area contributed by atoms with Crippen molar-refractivity contribution in [3.63, 3.8) is 0 Å². The van der Waals surface area contributed by atoms with Crippen LogP contribution in [0, 0.1) is 6.92 Å². The van der Waals surface area contributed by atoms with Crippen molar-refractivity contribution >= 4 is 5.91 Å². The van der Waals surface area contributed by atoms with Crippen LogP contribution in [-0.2, 0) is 11.3 Å². The standard InChI is InChI=1S/C26H28N2O2/c1-3-30-18-20-11-13-22(14-12-20)26(29)28-15-7-10-25(28)24-17-23(16-19(2)27-24)21-8-5-4-6-9-21/h4-6,8-9,11-14,16-17,25H,3,7,10,15,18H2,1-2H3/t25-/m0/s1. The monoisotopic (exact) mass is 400 g/mol. The van der Waals surface area contributed by atoms with E-state index in [0.717, 1.165) is 47.5 Å². The molecule has 1 saturated heterocycles. The molecule has 4 rings (SSSR count). The molecule has 0 spiro atoms. The highest BCUT2D eigenvalue weighted by atomic mass is 16.5. The van der Waals surface area contributed by atoms with Gasteiger partial charge in [-0.15, -0.1) is 0 Å². The number of hydrogen-bond donors (Lipinski definition) is 0. The number of benzene rings is 2. The smallest absolute Gasteiger partial charge is 0.254 e. The number of rotatable bonds is 6. The highest BCUT2D eigenvalue weighted by molar-refractivity contribution is 5.94. The van der Waals surface area contributed by atoms with Gasteiger partial charge in [0.1, 0.15) is 0 Å². The summed E-state index contributed by atoms with van der Waals surface area (Å²) in [6.45, 7) is 6.03. The Kier molecular flexibility index (Phi) is 6.24. The Labute approximate surface area is 178 Å². The molecule has 1 aromatic heterocycles. The fraction of sp³-hybridized carbons (Fsp3) is 0.308. The lowest BCUT2D eigenvalue weighted by Gasteiger charge is -2.25. The summed E-state index contributed by atoms with van der Waals surface area (Å²) < 4.78 is 5.45. The summed E-state index contributed by atoms with van der Waals surface area (Å²) in [6, 6.07) is 22.4. The highest BCUT2D eigenvalue weighted by Gasteiger charge is 2.31. The SMILES string of the molecule is CCOCc1ccc(C(=O)N2CCC[C@H]2c2cc(-c3ccccc3)cc(C)n2)cc1. The predicted octanol–water partition coefficient (Wildman–Crippen LogP) is 5.57. The van der Waals surface area contributed by atoms with Crippen molar-refractivity contribution in [3.05, 3.63) is 89.2 Å². The first-order chi connectivity index (χ1) is 14.7. The Hall–Kier alpha value is -2.98. The minimum atomic E-state index is 0.0166. The number of aromatic nitrogens is 1. The van der Waals surface area contributed by atoms with Crippen LogP contribution in [0.4, 0.5) is 0 Å². The first-order valence-corrected chi connectivity index (χ1v) is 10.7. The van der Waals surface area contributed by atoms with Crippen molar-refractivity contribution in [3.8, 4) is 11.1 Å². The van der Waals surface area contributed by atoms with Crippen LogP contribution in [0.15, 0.2) is 66.7 Å². The average molecular weight is 401 g/mol. The van der Waals surface area contributed by atoms with Crippen LogP contribution in [0.5, 0.6) is 0 Å². The van der Waals surface area contributed by atoms with Crippen LogP contribution >= 0.6 is 0 Å². The maximum absolute atomic E-state index is 13.3. The molecule has 3 aromatic rings. The second kappa shape index (κ2) is 9.23. The van der Waals surface area contributed by atoms with Crippen LogP contribution in [0.3, 0.4) is 0 Å². The van der Waals surface area contributed by atoms with Crippen LogP contribution < -0.4 is 0 Å². The highest BCUT2D eigenvalue weighted by Crippen LogP contribution is 2.34. The summed E-state index contributed by atoms with van der Waals surface area (Å²) in [5.41, 5.74) is 6.08. The van der Waals surface area contributed by atoms with Gasteiger partial charge in [0.05, 0.1) is 18.3 Å². The van der Waals surface area contributed by atoms with Crippen molar-refractivity contribution in [1.29, 1.82) is 0 Å². The van der Waals surface area contributed by atoms with E-state index in [9.17, 15) is 4.79 Å². The lowest BCUT2D eigenvalue weighted by molar-refractivity contribution is 0.0732. The van der Waals surface area contributed by atoms with Crippen LogP contribution in [0.2, 0.25) is 0 Å². The molecule has 2 heterocycles. The number of pyridine rings is 1. The van der Waals surface area contributed by atoms with Crippen LogP contribution in [0.1, 0.15) is 53.1 Å². The third-order valence-corrected chi connectivity index (χ3v) is 5.61. The molecule has 4 heteroatoms. The van der Waals surface area contributed by atoms with E-state index in [0.29, 0.717) is 13.2 Å². The van der Waals surface area contributed by atoms with Gasteiger partial charge in [-0.1, -0.05) is 42.5 Å². The molecule has 1 fully saturated rings. The number of aryl methyl sites for hydroxylation is 1. The summed E-state index contributed by atoms with van der Waals surface area (Å²) >= 11 is 0. The van der Waals surface area contributed by atoms with Crippen LogP contribution in [-0.4, -0.2) is 28.9 Å². The van der Waals surface area contributed by atoms with Gasteiger partial charge in [0.2, 0.25) is 0 Å². The van der Waals surface area contributed by atoms with Gasteiger partial charge in [0.25, 0.3) is 5.91 Å². The Morgan fingerprint density at radius 3 is 2.57 bits per heavy atom. The largest absolute Gasteiger partial charge is 0.377 e. The zero-order chi connectivity index (χ0) is 20.9. The third-order valence-electron chi connectivity index (χ3n) is 5.61. The van der Waals surface area contributed by atoms with Gasteiger partial charge in [-0.25, -0.2) is 0 Å². The van der Waals surface area contributed by atoms with E-state index < -0.39 is 0 Å². The second-order valence-electron chi connectivity index (χ2n) is 7.78. The van der Waals surface area contributed by atoms with Crippen molar-refractivity contribution in [2.75, 3.05) is 13.2 Å². The van der Waals surface area contributed by atoms with Gasteiger partial charge in [-0.05, 0) is 67.6 Å². The normalized spacial score (nSPS) is 16.1. The molecule has 0 saturated carbocycles. The van der Waals surface area contributed by atoms with Gasteiger partial charge < -0.3 is 9.64 Å². The number of nitrogens with zero attached hydrogens (tertiary/aromatic N) is 2. The number of amides is 1. The third kappa shape index (κ3) is 4.44. The van der Waals surface area contributed by atoms with E-state index in [4.69, 9.17) is 9.72 Å². The lowest BCUT2D eigenvalue weighted by Crippen LogP contribution is -2.31. The molecule has 154 valence electrons. The number of likely N-dealkylation sites (tertiary alicyclic amines) is 1. The van der Waals surface area contributed by atoms with Crippen molar-refractivity contribution in [2.45, 2.75) is 39.3 Å². The van der Waals surface area contributed by atoms with Gasteiger partial charge >= 0.3 is 0 Å².